The van der Waals surface area contributed by atoms with Gasteiger partial charge in [0.25, 0.3) is 0 Å². The summed E-state index contributed by atoms with van der Waals surface area (Å²) in [5, 5.41) is 2.04. The summed E-state index contributed by atoms with van der Waals surface area (Å²) in [6, 6.07) is 24.7. The molecule has 10 heteroatoms. The standard InChI is InChI=1S/C26H29NS2.C7H13BrN2O2.2Na.2H/c1-3-18-28-26(29-19-4-2)23-13-8-10-21(20-23)16-17-24-14-9-15-25(27-24)22-11-6-5-7-12-22;1-3-7(8,4-2)5(11)10-6(9)12;;;;/h5-17,20,26H,3-4,18-19H2,1-2H3;3-4H2,1-2H3,(H3,9,10,11,12);;;;/q;;2*+1;2*-1/b17-16+;;;;;. The van der Waals surface area contributed by atoms with Crippen molar-refractivity contribution in [1.29, 1.82) is 0 Å². The fourth-order valence-electron chi connectivity index (χ4n) is 3.79. The van der Waals surface area contributed by atoms with Crippen LogP contribution in [-0.4, -0.2) is 32.8 Å². The molecule has 3 amide bonds. The maximum absolute atomic E-state index is 11.3. The molecule has 0 spiro atoms. The number of carbonyl (C=O) groups is 2. The summed E-state index contributed by atoms with van der Waals surface area (Å²) >= 11 is 7.39. The quantitative estimate of drug-likeness (QED) is 0.162. The number of aromatic nitrogens is 1. The second-order valence-electron chi connectivity index (χ2n) is 9.38. The molecule has 0 aliphatic heterocycles. The van der Waals surface area contributed by atoms with E-state index in [1.807, 2.05) is 25.2 Å². The van der Waals surface area contributed by atoms with Gasteiger partial charge in [0.1, 0.15) is 4.32 Å². The molecule has 43 heavy (non-hydrogen) atoms. The summed E-state index contributed by atoms with van der Waals surface area (Å²) in [6.45, 7) is 8.23. The third kappa shape index (κ3) is 15.5. The first kappa shape index (κ1) is 42.5. The number of urea groups is 1. The SMILES string of the molecule is CCC(Br)(CC)C(=O)NC(N)=O.CCCSC(SCCC)c1cccc(/C=C/c2cccc(-c3ccccc3)n2)c1.[H-].[H-].[Na+].[Na+]. The van der Waals surface area contributed by atoms with Crippen LogP contribution in [0.1, 0.15) is 77.6 Å². The zero-order valence-electron chi connectivity index (χ0n) is 28.4. The number of thioether (sulfide) groups is 2. The number of rotatable bonds is 13. The van der Waals surface area contributed by atoms with E-state index in [2.05, 4.69) is 132 Å². The van der Waals surface area contributed by atoms with E-state index < -0.39 is 10.4 Å². The second kappa shape index (κ2) is 23.7. The van der Waals surface area contributed by atoms with Gasteiger partial charge in [-0.1, -0.05) is 104 Å². The van der Waals surface area contributed by atoms with Gasteiger partial charge in [0.05, 0.1) is 16.0 Å². The van der Waals surface area contributed by atoms with Gasteiger partial charge in [0, 0.05) is 5.56 Å². The normalized spacial score (nSPS) is 10.7. The number of pyridine rings is 1. The number of imide groups is 1. The first-order chi connectivity index (χ1) is 19.8. The van der Waals surface area contributed by atoms with Crippen LogP contribution >= 0.6 is 39.5 Å². The van der Waals surface area contributed by atoms with Crippen LogP contribution in [0.25, 0.3) is 23.4 Å². The Morgan fingerprint density at radius 1 is 0.907 bits per heavy atom. The Kier molecular flexibility index (Phi) is 23.4. The molecule has 1 aromatic heterocycles. The van der Waals surface area contributed by atoms with Crippen LogP contribution < -0.4 is 70.2 Å². The van der Waals surface area contributed by atoms with Crippen LogP contribution in [0.15, 0.2) is 72.8 Å². The zero-order valence-corrected chi connectivity index (χ0v) is 33.7. The van der Waals surface area contributed by atoms with E-state index in [9.17, 15) is 9.59 Å². The van der Waals surface area contributed by atoms with E-state index in [1.165, 1.54) is 35.5 Å². The number of hydrogen-bond acceptors (Lipinski definition) is 5. The molecule has 1 heterocycles. The molecule has 2 aromatic carbocycles. The van der Waals surface area contributed by atoms with Crippen LogP contribution in [-0.2, 0) is 4.79 Å². The maximum atomic E-state index is 11.3. The number of nitrogens with zero attached hydrogens (tertiary/aromatic N) is 1. The predicted octanol–water partition coefficient (Wildman–Crippen LogP) is 3.57. The first-order valence-corrected chi connectivity index (χ1v) is 17.0. The molecule has 0 fully saturated rings. The molecule has 3 rings (SSSR count). The average molecular weight is 705 g/mol. The second-order valence-corrected chi connectivity index (χ2v) is 13.6. The number of amides is 3. The van der Waals surface area contributed by atoms with Gasteiger partial charge in [-0.2, -0.15) is 0 Å². The van der Waals surface area contributed by atoms with Crippen molar-refractivity contribution in [2.45, 2.75) is 62.3 Å². The predicted molar refractivity (Wildman–Crippen MR) is 185 cm³/mol. The number of carbonyl (C=O) groups excluding carboxylic acids is 2. The van der Waals surface area contributed by atoms with Gasteiger partial charge in [-0.05, 0) is 72.6 Å². The summed E-state index contributed by atoms with van der Waals surface area (Å²) in [4.78, 5) is 26.4. The molecular formula is C33H44BrN3Na2O2S2. The molecule has 0 saturated heterocycles. The molecule has 224 valence electrons. The van der Waals surface area contributed by atoms with E-state index >= 15 is 0 Å². The van der Waals surface area contributed by atoms with Crippen molar-refractivity contribution in [1.82, 2.24) is 10.3 Å². The van der Waals surface area contributed by atoms with Crippen LogP contribution in [0, 0.1) is 0 Å². The summed E-state index contributed by atoms with van der Waals surface area (Å²) in [7, 11) is 0. The first-order valence-electron chi connectivity index (χ1n) is 14.1. The summed E-state index contributed by atoms with van der Waals surface area (Å²) in [5.41, 5.74) is 10.6. The Hall–Kier alpha value is -0.550. The molecule has 3 N–H and O–H groups in total. The number of alkyl halides is 1. The molecule has 0 unspecified atom stereocenters. The molecular weight excluding hydrogens is 660 g/mol. The van der Waals surface area contributed by atoms with Crippen molar-refractivity contribution >= 4 is 63.5 Å². The Balaban J connectivity index is -0.000000954. The zero-order chi connectivity index (χ0) is 30.1. The van der Waals surface area contributed by atoms with Gasteiger partial charge >= 0.3 is 65.1 Å². The summed E-state index contributed by atoms with van der Waals surface area (Å²) in [5.74, 6) is 2.04. The molecule has 5 nitrogen and oxygen atoms in total. The van der Waals surface area contributed by atoms with E-state index in [4.69, 9.17) is 10.7 Å². The number of halogens is 1. The number of primary amides is 1. The Morgan fingerprint density at radius 2 is 1.51 bits per heavy atom. The van der Waals surface area contributed by atoms with Crippen molar-refractivity contribution in [3.63, 3.8) is 0 Å². The van der Waals surface area contributed by atoms with E-state index in [0.717, 1.165) is 17.0 Å². The van der Waals surface area contributed by atoms with Crippen molar-refractivity contribution in [2.24, 2.45) is 5.73 Å². The van der Waals surface area contributed by atoms with E-state index in [-0.39, 0.29) is 67.9 Å². The number of benzene rings is 2. The molecule has 3 aromatic rings. The number of nitrogens with two attached hydrogens (primary N) is 1. The molecule has 0 aliphatic rings. The number of hydrogen-bond donors (Lipinski definition) is 2. The van der Waals surface area contributed by atoms with Gasteiger partial charge < -0.3 is 8.59 Å². The van der Waals surface area contributed by atoms with Crippen LogP contribution in [0.5, 0.6) is 0 Å². The molecule has 0 aliphatic carbocycles. The van der Waals surface area contributed by atoms with Crippen molar-refractivity contribution < 1.29 is 71.6 Å². The third-order valence-electron chi connectivity index (χ3n) is 6.18. The molecule has 0 radical (unpaired) electrons. The fourth-order valence-corrected chi connectivity index (χ4v) is 6.43. The van der Waals surface area contributed by atoms with Crippen LogP contribution in [0.2, 0.25) is 0 Å². The van der Waals surface area contributed by atoms with E-state index in [0.29, 0.717) is 17.4 Å². The topological polar surface area (TPSA) is 85.1 Å². The Morgan fingerprint density at radius 3 is 2.07 bits per heavy atom. The minimum Gasteiger partial charge on any atom is -1.00 e. The van der Waals surface area contributed by atoms with Crippen molar-refractivity contribution in [3.05, 3.63) is 89.6 Å². The van der Waals surface area contributed by atoms with Crippen molar-refractivity contribution in [2.75, 3.05) is 11.5 Å². The van der Waals surface area contributed by atoms with Gasteiger partial charge in [-0.15, -0.1) is 23.5 Å². The molecule has 0 bridgehead atoms. The van der Waals surface area contributed by atoms with Crippen LogP contribution in [0.3, 0.4) is 0 Å². The number of nitrogens with one attached hydrogen (secondary N) is 1. The molecule has 0 saturated carbocycles. The van der Waals surface area contributed by atoms with Gasteiger partial charge in [-0.25, -0.2) is 9.78 Å². The average Bonchev–Trinajstić information content (AvgIpc) is 3.00. The summed E-state index contributed by atoms with van der Waals surface area (Å²) < 4.78 is -0.148. The summed E-state index contributed by atoms with van der Waals surface area (Å²) in [6.07, 6.45) is 7.95. The van der Waals surface area contributed by atoms with E-state index in [1.54, 1.807) is 0 Å². The Bertz CT molecular complexity index is 1270. The largest absolute Gasteiger partial charge is 1.00 e. The van der Waals surface area contributed by atoms with Gasteiger partial charge in [0.15, 0.2) is 0 Å². The minimum atomic E-state index is -0.814. The minimum absolute atomic E-state index is 0. The fraction of sp³-hybridized carbons (Fsp3) is 0.364. The van der Waals surface area contributed by atoms with Gasteiger partial charge in [-0.3, -0.25) is 10.1 Å². The van der Waals surface area contributed by atoms with Gasteiger partial charge in [0.2, 0.25) is 5.91 Å². The van der Waals surface area contributed by atoms with Crippen LogP contribution in [0.4, 0.5) is 4.79 Å². The smallest absolute Gasteiger partial charge is 1.00 e. The monoisotopic (exact) mass is 703 g/mol. The van der Waals surface area contributed by atoms with Crippen molar-refractivity contribution in [3.8, 4) is 11.3 Å². The third-order valence-corrected chi connectivity index (χ3v) is 10.9. The Labute approximate surface area is 322 Å². The molecule has 0 atom stereocenters. The maximum Gasteiger partial charge on any atom is 1.00 e.